The largest absolute Gasteiger partial charge is 0.480 e. The van der Waals surface area contributed by atoms with Gasteiger partial charge in [-0.3, -0.25) is 13.9 Å². The van der Waals surface area contributed by atoms with Crippen molar-refractivity contribution < 1.29 is 38.6 Å². The third kappa shape index (κ3) is 2.47. The lowest BCUT2D eigenvalue weighted by atomic mass is 10.2. The first-order valence-electron chi connectivity index (χ1n) is 3.85. The molecule has 0 aromatic carbocycles. The lowest BCUT2D eigenvalue weighted by Crippen LogP contribution is -2.38. The van der Waals surface area contributed by atoms with Crippen LogP contribution in [0.15, 0.2) is 0 Å². The van der Waals surface area contributed by atoms with E-state index in [9.17, 15) is 13.9 Å². The number of carboxylic acid groups (broad SMARTS) is 1. The number of aliphatic carboxylic acids is 1. The summed E-state index contributed by atoms with van der Waals surface area (Å²) in [6.07, 6.45) is -0.876. The van der Waals surface area contributed by atoms with Crippen molar-refractivity contribution in [2.24, 2.45) is 0 Å². The van der Waals surface area contributed by atoms with Crippen LogP contribution in [0.4, 0.5) is 0 Å². The van der Waals surface area contributed by atoms with Crippen molar-refractivity contribution in [1.82, 2.24) is 0 Å². The highest BCUT2D eigenvalue weighted by Crippen LogP contribution is 2.70. The first-order chi connectivity index (χ1) is 6.50. The van der Waals surface area contributed by atoms with Crippen LogP contribution >= 0.6 is 15.2 Å². The van der Waals surface area contributed by atoms with Crippen LogP contribution in [0.5, 0.6) is 0 Å². The van der Waals surface area contributed by atoms with Crippen LogP contribution in [-0.4, -0.2) is 35.5 Å². The number of hydrogen-bond donors (Lipinski definition) is 5. The summed E-state index contributed by atoms with van der Waals surface area (Å²) in [5, 5.41) is 8.64. The monoisotopic (exact) mass is 262 g/mol. The Morgan fingerprint density at radius 3 is 1.53 bits per heavy atom. The maximum atomic E-state index is 11.0. The molecule has 8 nitrogen and oxygen atoms in total. The lowest BCUT2D eigenvalue weighted by molar-refractivity contribution is -0.138. The van der Waals surface area contributed by atoms with Gasteiger partial charge in [0.1, 0.15) is 0 Å². The van der Waals surface area contributed by atoms with E-state index in [2.05, 4.69) is 0 Å². The van der Waals surface area contributed by atoms with Crippen LogP contribution in [-0.2, 0) is 13.9 Å². The van der Waals surface area contributed by atoms with E-state index in [1.807, 2.05) is 0 Å². The van der Waals surface area contributed by atoms with Crippen molar-refractivity contribution in [3.63, 3.8) is 0 Å². The summed E-state index contributed by atoms with van der Waals surface area (Å²) in [5.74, 6) is -2.19. The summed E-state index contributed by atoms with van der Waals surface area (Å²) in [4.78, 5) is 42.6. The molecule has 0 bridgehead atoms. The van der Waals surface area contributed by atoms with E-state index in [0.717, 1.165) is 0 Å². The van der Waals surface area contributed by atoms with Crippen molar-refractivity contribution in [1.29, 1.82) is 0 Å². The summed E-state index contributed by atoms with van der Waals surface area (Å²) in [5.41, 5.74) is 0. The second-order valence-electron chi connectivity index (χ2n) is 2.96. The molecule has 0 unspecified atom stereocenters. The van der Waals surface area contributed by atoms with E-state index < -0.39 is 32.5 Å². The molecule has 0 atom stereocenters. The van der Waals surface area contributed by atoms with Gasteiger partial charge in [-0.2, -0.15) is 0 Å². The van der Waals surface area contributed by atoms with E-state index >= 15 is 0 Å². The summed E-state index contributed by atoms with van der Waals surface area (Å²) in [6, 6.07) is 0. The number of carboxylic acids is 1. The van der Waals surface area contributed by atoms with Crippen LogP contribution in [0.3, 0.4) is 0 Å². The minimum Gasteiger partial charge on any atom is -0.480 e. The maximum absolute atomic E-state index is 11.0. The fourth-order valence-corrected chi connectivity index (χ4v) is 4.05. The Morgan fingerprint density at radius 1 is 1.13 bits per heavy atom. The van der Waals surface area contributed by atoms with Gasteiger partial charge in [0.05, 0.1) is 0 Å². The molecule has 0 fully saturated rings. The van der Waals surface area contributed by atoms with E-state index in [0.29, 0.717) is 0 Å². The maximum Gasteiger partial charge on any atom is 0.355 e. The van der Waals surface area contributed by atoms with Gasteiger partial charge in [0.15, 0.2) is 0 Å². The minimum absolute atomic E-state index is 0.0808. The van der Waals surface area contributed by atoms with Gasteiger partial charge in [0.25, 0.3) is 4.90 Å². The SMILES string of the molecule is CCCC(C(=O)O)(P(=O)(O)O)P(=O)(O)O. The quantitative estimate of drug-likeness (QED) is 0.431. The number of rotatable bonds is 5. The molecule has 90 valence electrons. The molecule has 10 heteroatoms. The smallest absolute Gasteiger partial charge is 0.355 e. The molecule has 0 saturated carbocycles. The molecule has 0 aromatic heterocycles. The highest BCUT2D eigenvalue weighted by atomic mass is 31.2. The van der Waals surface area contributed by atoms with Crippen molar-refractivity contribution in [2.75, 3.05) is 0 Å². The summed E-state index contributed by atoms with van der Waals surface area (Å²) in [7, 11) is -10.9. The lowest BCUT2D eigenvalue weighted by Gasteiger charge is -2.29. The molecule has 0 aliphatic heterocycles. The highest BCUT2D eigenvalue weighted by Gasteiger charge is 2.65. The summed E-state index contributed by atoms with van der Waals surface area (Å²) < 4.78 is 21.9. The van der Waals surface area contributed by atoms with Gasteiger partial charge in [0, 0.05) is 0 Å². The predicted molar refractivity (Wildman–Crippen MR) is 49.4 cm³/mol. The van der Waals surface area contributed by atoms with Crippen molar-refractivity contribution >= 4 is 21.2 Å². The van der Waals surface area contributed by atoms with E-state index in [1.165, 1.54) is 6.92 Å². The molecular weight excluding hydrogens is 250 g/mol. The second kappa shape index (κ2) is 4.33. The average molecular weight is 262 g/mol. The summed E-state index contributed by atoms with van der Waals surface area (Å²) >= 11 is 0. The van der Waals surface area contributed by atoms with E-state index in [1.54, 1.807) is 0 Å². The molecule has 0 aliphatic carbocycles. The Balaban J connectivity index is 5.84. The molecular formula is C5H12O8P2. The number of carbonyl (C=O) groups is 1. The molecule has 0 heterocycles. The van der Waals surface area contributed by atoms with Crippen LogP contribution in [0.25, 0.3) is 0 Å². The molecule has 0 rings (SSSR count). The average Bonchev–Trinajstić information content (AvgIpc) is 1.93. The van der Waals surface area contributed by atoms with Crippen molar-refractivity contribution in [3.8, 4) is 0 Å². The number of hydrogen-bond acceptors (Lipinski definition) is 3. The van der Waals surface area contributed by atoms with Gasteiger partial charge in [-0.25, -0.2) is 0 Å². The molecule has 0 spiro atoms. The molecule has 0 radical (unpaired) electrons. The minimum atomic E-state index is -5.46. The fourth-order valence-electron chi connectivity index (χ4n) is 1.17. The Kier molecular flexibility index (Phi) is 4.26. The van der Waals surface area contributed by atoms with Gasteiger partial charge in [-0.1, -0.05) is 13.3 Å². The van der Waals surface area contributed by atoms with Crippen LogP contribution < -0.4 is 0 Å². The molecule has 15 heavy (non-hydrogen) atoms. The van der Waals surface area contributed by atoms with E-state index in [4.69, 9.17) is 24.7 Å². The molecule has 5 N–H and O–H groups in total. The Hall–Kier alpha value is -0.230. The van der Waals surface area contributed by atoms with Gasteiger partial charge in [-0.05, 0) is 6.42 Å². The second-order valence-corrected chi connectivity index (χ2v) is 7.02. The zero-order chi connectivity index (χ0) is 12.5. The Morgan fingerprint density at radius 2 is 1.47 bits per heavy atom. The normalized spacial score (nSPS) is 13.9. The van der Waals surface area contributed by atoms with Crippen molar-refractivity contribution in [3.05, 3.63) is 0 Å². The third-order valence-electron chi connectivity index (χ3n) is 1.90. The van der Waals surface area contributed by atoms with Gasteiger partial charge < -0.3 is 24.7 Å². The molecule has 0 aromatic rings. The fraction of sp³-hybridized carbons (Fsp3) is 0.800. The van der Waals surface area contributed by atoms with Gasteiger partial charge in [0.2, 0.25) is 0 Å². The molecule has 0 amide bonds. The first kappa shape index (κ1) is 14.8. The van der Waals surface area contributed by atoms with Crippen LogP contribution in [0, 0.1) is 0 Å². The topological polar surface area (TPSA) is 152 Å². The molecule has 0 saturated heterocycles. The van der Waals surface area contributed by atoms with Gasteiger partial charge in [-0.15, -0.1) is 0 Å². The molecule has 0 aliphatic rings. The Bertz CT molecular complexity index is 315. The zero-order valence-electron chi connectivity index (χ0n) is 7.77. The third-order valence-corrected chi connectivity index (χ3v) is 6.23. The highest BCUT2D eigenvalue weighted by molar-refractivity contribution is 7.74. The standard InChI is InChI=1S/C5H12O8P2/c1-2-3-5(4(6)7,14(8,9)10)15(11,12)13/h2-3H2,1H3,(H,6,7)(H2,8,9,10)(H2,11,12,13). The zero-order valence-corrected chi connectivity index (χ0v) is 9.56. The van der Waals surface area contributed by atoms with Crippen LogP contribution in [0.1, 0.15) is 19.8 Å². The van der Waals surface area contributed by atoms with Crippen molar-refractivity contribution in [2.45, 2.75) is 24.7 Å². The van der Waals surface area contributed by atoms with E-state index in [-0.39, 0.29) is 6.42 Å². The van der Waals surface area contributed by atoms with Gasteiger partial charge >= 0.3 is 21.2 Å². The predicted octanol–water partition coefficient (Wildman–Crippen LogP) is -0.0772. The van der Waals surface area contributed by atoms with Crippen LogP contribution in [0.2, 0.25) is 0 Å². The summed E-state index contributed by atoms with van der Waals surface area (Å²) in [6.45, 7) is 1.36. The first-order valence-corrected chi connectivity index (χ1v) is 7.08. The Labute approximate surface area is 85.3 Å².